The first-order valence-corrected chi connectivity index (χ1v) is 5.85. The Morgan fingerprint density at radius 2 is 2.06 bits per heavy atom. The summed E-state index contributed by atoms with van der Waals surface area (Å²) in [4.78, 5) is 17.0. The standard InChI is InChI=1S/C10H13N3O2S/c14-10(15)16-13-7-5-12(6-8-13)9-3-1-2-4-11-9/h1-4H,5-8H2,(H,14,15). The number of hydrogen-bond acceptors (Lipinski definition) is 5. The number of nitrogens with zero attached hydrogens (tertiary/aromatic N) is 3. The quantitative estimate of drug-likeness (QED) is 0.790. The van der Waals surface area contributed by atoms with E-state index < -0.39 is 5.30 Å². The molecule has 0 aliphatic carbocycles. The van der Waals surface area contributed by atoms with Gasteiger partial charge in [-0.25, -0.2) is 14.1 Å². The summed E-state index contributed by atoms with van der Waals surface area (Å²) in [6, 6.07) is 5.82. The summed E-state index contributed by atoms with van der Waals surface area (Å²) in [6.07, 6.45) is 1.77. The minimum atomic E-state index is -0.841. The molecule has 0 spiro atoms. The first kappa shape index (κ1) is 11.2. The number of anilines is 1. The fourth-order valence-corrected chi connectivity index (χ4v) is 2.23. The molecule has 1 saturated heterocycles. The van der Waals surface area contributed by atoms with Crippen molar-refractivity contribution in [3.63, 3.8) is 0 Å². The Labute approximate surface area is 98.2 Å². The lowest BCUT2D eigenvalue weighted by Crippen LogP contribution is -2.44. The van der Waals surface area contributed by atoms with Crippen LogP contribution < -0.4 is 4.90 Å². The molecule has 1 fully saturated rings. The Bertz CT molecular complexity index is 352. The van der Waals surface area contributed by atoms with E-state index in [-0.39, 0.29) is 0 Å². The minimum absolute atomic E-state index is 0.744. The molecule has 1 aromatic heterocycles. The molecular formula is C10H13N3O2S. The number of piperazine rings is 1. The van der Waals surface area contributed by atoms with Crippen molar-refractivity contribution in [3.05, 3.63) is 24.4 Å². The summed E-state index contributed by atoms with van der Waals surface area (Å²) >= 11 is 0.876. The molecule has 5 nitrogen and oxygen atoms in total. The van der Waals surface area contributed by atoms with Crippen molar-refractivity contribution in [2.45, 2.75) is 0 Å². The molecule has 0 aromatic carbocycles. The van der Waals surface area contributed by atoms with E-state index in [1.807, 2.05) is 22.5 Å². The molecule has 16 heavy (non-hydrogen) atoms. The van der Waals surface area contributed by atoms with E-state index in [4.69, 9.17) is 5.11 Å². The Hall–Kier alpha value is -1.27. The van der Waals surface area contributed by atoms with E-state index in [2.05, 4.69) is 9.88 Å². The van der Waals surface area contributed by atoms with Gasteiger partial charge >= 0.3 is 5.30 Å². The van der Waals surface area contributed by atoms with Gasteiger partial charge in [0.25, 0.3) is 0 Å². The topological polar surface area (TPSA) is 56.7 Å². The average Bonchev–Trinajstić information content (AvgIpc) is 2.30. The summed E-state index contributed by atoms with van der Waals surface area (Å²) in [5.74, 6) is 0.961. The monoisotopic (exact) mass is 239 g/mol. The second-order valence-corrected chi connectivity index (χ2v) is 4.51. The van der Waals surface area contributed by atoms with Crippen molar-refractivity contribution >= 4 is 23.1 Å². The predicted octanol–water partition coefficient (Wildman–Crippen LogP) is 1.53. The Kier molecular flexibility index (Phi) is 3.63. The highest BCUT2D eigenvalue weighted by Gasteiger charge is 2.19. The molecule has 0 unspecified atom stereocenters. The van der Waals surface area contributed by atoms with E-state index in [1.54, 1.807) is 6.20 Å². The molecule has 0 saturated carbocycles. The number of rotatable bonds is 2. The lowest BCUT2D eigenvalue weighted by Gasteiger charge is -2.33. The maximum atomic E-state index is 10.5. The number of carbonyl (C=O) groups is 1. The highest BCUT2D eigenvalue weighted by Crippen LogP contribution is 2.17. The minimum Gasteiger partial charge on any atom is -0.472 e. The Morgan fingerprint density at radius 1 is 1.31 bits per heavy atom. The molecule has 0 radical (unpaired) electrons. The van der Waals surface area contributed by atoms with Gasteiger partial charge in [0.05, 0.1) is 0 Å². The lowest BCUT2D eigenvalue weighted by atomic mass is 10.3. The lowest BCUT2D eigenvalue weighted by molar-refractivity contribution is 0.220. The van der Waals surface area contributed by atoms with Gasteiger partial charge in [0, 0.05) is 44.3 Å². The van der Waals surface area contributed by atoms with Crippen molar-refractivity contribution in [3.8, 4) is 0 Å². The molecule has 0 amide bonds. The third kappa shape index (κ3) is 2.86. The zero-order valence-corrected chi connectivity index (χ0v) is 9.56. The van der Waals surface area contributed by atoms with Crippen molar-refractivity contribution < 1.29 is 9.90 Å². The van der Waals surface area contributed by atoms with Gasteiger partial charge in [-0.05, 0) is 12.1 Å². The van der Waals surface area contributed by atoms with E-state index >= 15 is 0 Å². The summed E-state index contributed by atoms with van der Waals surface area (Å²) in [5, 5.41) is 7.80. The molecule has 86 valence electrons. The second-order valence-electron chi connectivity index (χ2n) is 3.46. The van der Waals surface area contributed by atoms with Gasteiger partial charge in [-0.2, -0.15) is 0 Å². The van der Waals surface area contributed by atoms with Crippen LogP contribution in [-0.4, -0.2) is 45.9 Å². The van der Waals surface area contributed by atoms with Crippen LogP contribution in [0.25, 0.3) is 0 Å². The summed E-state index contributed by atoms with van der Waals surface area (Å²) < 4.78 is 1.86. The zero-order chi connectivity index (χ0) is 11.4. The third-order valence-electron chi connectivity index (χ3n) is 2.42. The van der Waals surface area contributed by atoms with Crippen LogP contribution in [0.4, 0.5) is 10.6 Å². The summed E-state index contributed by atoms with van der Waals surface area (Å²) in [5.41, 5.74) is 0. The maximum absolute atomic E-state index is 10.5. The van der Waals surface area contributed by atoms with Crippen LogP contribution in [0.15, 0.2) is 24.4 Å². The fourth-order valence-electron chi connectivity index (χ4n) is 1.66. The number of pyridine rings is 1. The largest absolute Gasteiger partial charge is 0.472 e. The molecule has 2 rings (SSSR count). The van der Waals surface area contributed by atoms with Crippen molar-refractivity contribution in [2.75, 3.05) is 31.1 Å². The maximum Gasteiger partial charge on any atom is 0.380 e. The average molecular weight is 239 g/mol. The molecule has 0 bridgehead atoms. The Morgan fingerprint density at radius 3 is 2.62 bits per heavy atom. The van der Waals surface area contributed by atoms with Crippen molar-refractivity contribution in [1.82, 2.24) is 9.29 Å². The van der Waals surface area contributed by atoms with E-state index in [1.165, 1.54) is 0 Å². The first-order chi connectivity index (χ1) is 7.75. The molecular weight excluding hydrogens is 226 g/mol. The number of hydrogen-bond donors (Lipinski definition) is 1. The summed E-state index contributed by atoms with van der Waals surface area (Å²) in [7, 11) is 0. The Balaban J connectivity index is 1.88. The highest BCUT2D eigenvalue weighted by atomic mass is 32.2. The number of aromatic nitrogens is 1. The van der Waals surface area contributed by atoms with Gasteiger partial charge in [0.2, 0.25) is 0 Å². The van der Waals surface area contributed by atoms with Gasteiger partial charge in [-0.3, -0.25) is 0 Å². The van der Waals surface area contributed by atoms with E-state index in [0.717, 1.165) is 43.9 Å². The molecule has 2 heterocycles. The van der Waals surface area contributed by atoms with Crippen LogP contribution in [0, 0.1) is 0 Å². The predicted molar refractivity (Wildman–Crippen MR) is 63.6 cm³/mol. The van der Waals surface area contributed by atoms with E-state index in [0.29, 0.717) is 0 Å². The second kappa shape index (κ2) is 5.18. The zero-order valence-electron chi connectivity index (χ0n) is 8.74. The smallest absolute Gasteiger partial charge is 0.380 e. The summed E-state index contributed by atoms with van der Waals surface area (Å²) in [6.45, 7) is 3.12. The SMILES string of the molecule is O=C(O)SN1CCN(c2ccccn2)CC1. The number of carboxylic acid groups (broad SMARTS) is 1. The van der Waals surface area contributed by atoms with Crippen LogP contribution in [0.2, 0.25) is 0 Å². The van der Waals surface area contributed by atoms with Crippen molar-refractivity contribution in [2.24, 2.45) is 0 Å². The van der Waals surface area contributed by atoms with Gasteiger partial charge in [0.1, 0.15) is 5.82 Å². The van der Waals surface area contributed by atoms with Gasteiger partial charge < -0.3 is 10.0 Å². The molecule has 0 atom stereocenters. The molecule has 1 aliphatic heterocycles. The fraction of sp³-hybridized carbons (Fsp3) is 0.400. The van der Waals surface area contributed by atoms with Crippen LogP contribution >= 0.6 is 11.9 Å². The normalized spacial score (nSPS) is 17.4. The van der Waals surface area contributed by atoms with Crippen molar-refractivity contribution in [1.29, 1.82) is 0 Å². The molecule has 1 aromatic rings. The van der Waals surface area contributed by atoms with E-state index in [9.17, 15) is 4.79 Å². The van der Waals surface area contributed by atoms with Crippen LogP contribution in [0.3, 0.4) is 0 Å². The van der Waals surface area contributed by atoms with Gasteiger partial charge in [-0.1, -0.05) is 6.07 Å². The first-order valence-electron chi connectivity index (χ1n) is 5.07. The third-order valence-corrected chi connectivity index (χ3v) is 3.20. The van der Waals surface area contributed by atoms with Crippen LogP contribution in [0.5, 0.6) is 0 Å². The van der Waals surface area contributed by atoms with Gasteiger partial charge in [0.15, 0.2) is 0 Å². The highest BCUT2D eigenvalue weighted by molar-refractivity contribution is 8.11. The molecule has 1 N–H and O–H groups in total. The molecule has 1 aliphatic rings. The van der Waals surface area contributed by atoms with Gasteiger partial charge in [-0.15, -0.1) is 0 Å². The molecule has 6 heteroatoms. The van der Waals surface area contributed by atoms with Crippen LogP contribution in [0.1, 0.15) is 0 Å². The van der Waals surface area contributed by atoms with Crippen LogP contribution in [-0.2, 0) is 0 Å².